The summed E-state index contributed by atoms with van der Waals surface area (Å²) in [6, 6.07) is 19.9. The van der Waals surface area contributed by atoms with Gasteiger partial charge in [-0.25, -0.2) is 14.1 Å². The molecule has 0 aromatic heterocycles. The Hall–Kier alpha value is -4.46. The van der Waals surface area contributed by atoms with Crippen LogP contribution in [-0.2, 0) is 22.6 Å². The molecule has 1 aliphatic rings. The van der Waals surface area contributed by atoms with Crippen molar-refractivity contribution in [3.63, 3.8) is 0 Å². The molecule has 1 saturated heterocycles. The molecule has 35 heavy (non-hydrogen) atoms. The maximum Gasteiger partial charge on any atom is 0.329 e. The second-order valence-corrected chi connectivity index (χ2v) is 7.89. The number of carbonyl (C=O) groups is 3. The van der Waals surface area contributed by atoms with Crippen LogP contribution in [0.25, 0.3) is 6.08 Å². The summed E-state index contributed by atoms with van der Waals surface area (Å²) in [6.07, 6.45) is 2.23. The van der Waals surface area contributed by atoms with Gasteiger partial charge in [-0.15, -0.1) is 0 Å². The van der Waals surface area contributed by atoms with E-state index in [0.717, 1.165) is 16.9 Å². The van der Waals surface area contributed by atoms with Crippen LogP contribution < -0.4 is 15.4 Å². The van der Waals surface area contributed by atoms with Gasteiger partial charge in [0.1, 0.15) is 30.4 Å². The van der Waals surface area contributed by atoms with Gasteiger partial charge in [0.25, 0.3) is 5.91 Å². The first-order valence-electron chi connectivity index (χ1n) is 11.1. The molecule has 3 aromatic rings. The topological polar surface area (TPSA) is 87.7 Å². The molecule has 8 heteroatoms. The third-order valence-corrected chi connectivity index (χ3v) is 5.46. The third kappa shape index (κ3) is 5.73. The molecular weight excluding hydrogens is 449 g/mol. The number of hydrogen-bond acceptors (Lipinski definition) is 4. The Kier molecular flexibility index (Phi) is 7.21. The smallest absolute Gasteiger partial charge is 0.329 e. The summed E-state index contributed by atoms with van der Waals surface area (Å²) in [7, 11) is 0. The summed E-state index contributed by atoms with van der Waals surface area (Å²) in [5.41, 5.74) is 2.67. The minimum absolute atomic E-state index is 0.0445. The van der Waals surface area contributed by atoms with Gasteiger partial charge in [0.05, 0.1) is 0 Å². The molecule has 1 fully saturated rings. The van der Waals surface area contributed by atoms with Gasteiger partial charge >= 0.3 is 6.03 Å². The van der Waals surface area contributed by atoms with Crippen molar-refractivity contribution in [3.05, 3.63) is 101 Å². The van der Waals surface area contributed by atoms with E-state index in [-0.39, 0.29) is 18.1 Å². The molecule has 0 saturated carbocycles. The number of aryl methyl sites for hydroxylation is 1. The van der Waals surface area contributed by atoms with Crippen molar-refractivity contribution >= 4 is 29.6 Å². The molecule has 1 heterocycles. The number of para-hydroxylation sites is 1. The highest BCUT2D eigenvalue weighted by atomic mass is 19.1. The molecule has 0 spiro atoms. The largest absolute Gasteiger partial charge is 0.489 e. The normalized spacial score (nSPS) is 14.2. The number of nitrogens with zero attached hydrogens (tertiary/aromatic N) is 1. The van der Waals surface area contributed by atoms with Crippen LogP contribution in [0.2, 0.25) is 0 Å². The highest BCUT2D eigenvalue weighted by Crippen LogP contribution is 2.20. The van der Waals surface area contributed by atoms with Gasteiger partial charge in [0.2, 0.25) is 5.91 Å². The molecule has 7 nitrogen and oxygen atoms in total. The predicted molar refractivity (Wildman–Crippen MR) is 130 cm³/mol. The van der Waals surface area contributed by atoms with E-state index >= 15 is 0 Å². The number of carbonyl (C=O) groups excluding carboxylic acids is 3. The van der Waals surface area contributed by atoms with Crippen molar-refractivity contribution < 1.29 is 23.5 Å². The number of ether oxygens (including phenoxy) is 1. The first kappa shape index (κ1) is 23.7. The molecular formula is C27H24FN3O4. The van der Waals surface area contributed by atoms with Gasteiger partial charge in [0, 0.05) is 11.3 Å². The number of hydrogen-bond donors (Lipinski definition) is 2. The lowest BCUT2D eigenvalue weighted by Crippen LogP contribution is -2.38. The molecule has 0 unspecified atom stereocenters. The summed E-state index contributed by atoms with van der Waals surface area (Å²) in [4.78, 5) is 38.5. The number of amides is 4. The third-order valence-electron chi connectivity index (χ3n) is 5.46. The quantitative estimate of drug-likeness (QED) is 0.373. The van der Waals surface area contributed by atoms with Gasteiger partial charge in [0.15, 0.2) is 0 Å². The van der Waals surface area contributed by atoms with Gasteiger partial charge in [-0.3, -0.25) is 9.59 Å². The van der Waals surface area contributed by atoms with Crippen LogP contribution in [0.15, 0.2) is 78.5 Å². The molecule has 0 bridgehead atoms. The van der Waals surface area contributed by atoms with E-state index in [1.54, 1.807) is 54.6 Å². The molecule has 178 valence electrons. The van der Waals surface area contributed by atoms with Crippen LogP contribution in [0, 0.1) is 5.82 Å². The number of rotatable bonds is 8. The maximum absolute atomic E-state index is 13.8. The summed E-state index contributed by atoms with van der Waals surface area (Å²) >= 11 is 0. The SMILES string of the molecule is CCc1ccccc1NC(=O)CN1C(=O)N/C(=C/c2cccc(OCc3ccccc3F)c2)C1=O. The Balaban J connectivity index is 1.41. The Morgan fingerprint density at radius 3 is 2.54 bits per heavy atom. The van der Waals surface area contributed by atoms with E-state index in [4.69, 9.17) is 4.74 Å². The van der Waals surface area contributed by atoms with Gasteiger partial charge in [-0.1, -0.05) is 55.5 Å². The molecule has 2 N–H and O–H groups in total. The Labute approximate surface area is 202 Å². The van der Waals surface area contributed by atoms with Crippen molar-refractivity contribution in [2.45, 2.75) is 20.0 Å². The minimum Gasteiger partial charge on any atom is -0.489 e. The summed E-state index contributed by atoms with van der Waals surface area (Å²) < 4.78 is 19.5. The monoisotopic (exact) mass is 473 g/mol. The lowest BCUT2D eigenvalue weighted by Gasteiger charge is -2.13. The van der Waals surface area contributed by atoms with E-state index < -0.39 is 24.4 Å². The van der Waals surface area contributed by atoms with Crippen LogP contribution in [0.5, 0.6) is 5.75 Å². The lowest BCUT2D eigenvalue weighted by atomic mass is 10.1. The van der Waals surface area contributed by atoms with Gasteiger partial charge < -0.3 is 15.4 Å². The molecule has 1 aliphatic heterocycles. The average molecular weight is 474 g/mol. The summed E-state index contributed by atoms with van der Waals surface area (Å²) in [5.74, 6) is -0.955. The average Bonchev–Trinajstić information content (AvgIpc) is 3.11. The zero-order valence-corrected chi connectivity index (χ0v) is 19.1. The second-order valence-electron chi connectivity index (χ2n) is 7.89. The number of nitrogens with one attached hydrogen (secondary N) is 2. The zero-order chi connectivity index (χ0) is 24.8. The van der Waals surface area contributed by atoms with E-state index in [1.165, 1.54) is 12.1 Å². The fourth-order valence-corrected chi connectivity index (χ4v) is 3.64. The number of benzene rings is 3. The van der Waals surface area contributed by atoms with Gasteiger partial charge in [-0.2, -0.15) is 0 Å². The molecule has 0 radical (unpaired) electrons. The maximum atomic E-state index is 13.8. The van der Waals surface area contributed by atoms with Crippen molar-refractivity contribution in [1.82, 2.24) is 10.2 Å². The van der Waals surface area contributed by atoms with Crippen LogP contribution in [0.1, 0.15) is 23.6 Å². The van der Waals surface area contributed by atoms with Crippen molar-refractivity contribution in [1.29, 1.82) is 0 Å². The fourth-order valence-electron chi connectivity index (χ4n) is 3.64. The van der Waals surface area contributed by atoms with Crippen molar-refractivity contribution in [3.8, 4) is 5.75 Å². The van der Waals surface area contributed by atoms with Crippen LogP contribution in [-0.4, -0.2) is 29.3 Å². The standard InChI is InChI=1S/C27H24FN3O4/c1-2-19-9-4-6-13-23(19)29-25(32)16-31-26(33)24(30-27(31)34)15-18-8-7-11-21(14-18)35-17-20-10-3-5-12-22(20)28/h3-15H,2,16-17H2,1H3,(H,29,32)(H,30,34)/b24-15+. The highest BCUT2D eigenvalue weighted by molar-refractivity contribution is 6.16. The lowest BCUT2D eigenvalue weighted by molar-refractivity contribution is -0.127. The highest BCUT2D eigenvalue weighted by Gasteiger charge is 2.35. The fraction of sp³-hybridized carbons (Fsp3) is 0.148. The molecule has 0 atom stereocenters. The van der Waals surface area contributed by atoms with Gasteiger partial charge in [-0.05, 0) is 47.9 Å². The summed E-state index contributed by atoms with van der Waals surface area (Å²) in [6.45, 7) is 1.61. The first-order valence-corrected chi connectivity index (χ1v) is 11.1. The number of imide groups is 1. The Bertz CT molecular complexity index is 1300. The van der Waals surface area contributed by atoms with E-state index in [2.05, 4.69) is 10.6 Å². The second kappa shape index (κ2) is 10.6. The summed E-state index contributed by atoms with van der Waals surface area (Å²) in [5, 5.41) is 5.26. The number of urea groups is 1. The minimum atomic E-state index is -0.674. The van der Waals surface area contributed by atoms with E-state index in [0.29, 0.717) is 22.6 Å². The number of halogens is 1. The van der Waals surface area contributed by atoms with Crippen LogP contribution in [0.4, 0.5) is 14.9 Å². The molecule has 3 aromatic carbocycles. The molecule has 0 aliphatic carbocycles. The van der Waals surface area contributed by atoms with Crippen molar-refractivity contribution in [2.24, 2.45) is 0 Å². The Morgan fingerprint density at radius 2 is 1.77 bits per heavy atom. The first-order chi connectivity index (χ1) is 16.9. The number of anilines is 1. The van der Waals surface area contributed by atoms with E-state index in [9.17, 15) is 18.8 Å². The van der Waals surface area contributed by atoms with Crippen molar-refractivity contribution in [2.75, 3.05) is 11.9 Å². The Morgan fingerprint density at radius 1 is 1.03 bits per heavy atom. The molecule has 4 rings (SSSR count). The molecule has 4 amide bonds. The van der Waals surface area contributed by atoms with Crippen LogP contribution in [0.3, 0.4) is 0 Å². The van der Waals surface area contributed by atoms with Crippen LogP contribution >= 0.6 is 0 Å². The van der Waals surface area contributed by atoms with E-state index in [1.807, 2.05) is 19.1 Å². The zero-order valence-electron chi connectivity index (χ0n) is 19.1. The predicted octanol–water partition coefficient (Wildman–Crippen LogP) is 4.50.